The van der Waals surface area contributed by atoms with Gasteiger partial charge in [-0.1, -0.05) is 0 Å². The third-order valence-electron chi connectivity index (χ3n) is 2.25. The van der Waals surface area contributed by atoms with Crippen molar-refractivity contribution in [2.24, 2.45) is 0 Å². The summed E-state index contributed by atoms with van der Waals surface area (Å²) < 4.78 is 36.8. The molecule has 2 rings (SSSR count). The molecule has 1 unspecified atom stereocenters. The summed E-state index contributed by atoms with van der Waals surface area (Å²) in [5, 5.41) is 5.19. The Balaban J connectivity index is 2.23. The minimum Gasteiger partial charge on any atom is -0.294 e. The van der Waals surface area contributed by atoms with Crippen LogP contribution in [-0.2, 0) is 11.0 Å². The fraction of sp³-hybridized carbons (Fsp3) is 0.500. The fourth-order valence-electron chi connectivity index (χ4n) is 1.50. The van der Waals surface area contributed by atoms with E-state index in [-0.39, 0.29) is 29.9 Å². The number of carbonyl (C=O) groups is 1. The number of rotatable bonds is 1. The quantitative estimate of drug-likeness (QED) is 0.742. The van der Waals surface area contributed by atoms with Gasteiger partial charge in [-0.3, -0.25) is 14.8 Å². The molecule has 1 fully saturated rings. The van der Waals surface area contributed by atoms with E-state index in [9.17, 15) is 18.0 Å². The fourth-order valence-corrected chi connectivity index (χ4v) is 1.82. The Morgan fingerprint density at radius 1 is 1.56 bits per heavy atom. The molecule has 0 radical (unpaired) electrons. The van der Waals surface area contributed by atoms with Crippen molar-refractivity contribution in [3.8, 4) is 0 Å². The molecule has 1 aromatic heterocycles. The average molecular weight is 251 g/mol. The number of hydrogen-bond acceptors (Lipinski definition) is 3. The minimum atomic E-state index is -4.48. The number of thiol groups is 1. The predicted molar refractivity (Wildman–Crippen MR) is 53.3 cm³/mol. The van der Waals surface area contributed by atoms with Crippen LogP contribution in [0.25, 0.3) is 0 Å². The van der Waals surface area contributed by atoms with Crippen molar-refractivity contribution in [3.05, 3.63) is 11.8 Å². The first-order chi connectivity index (χ1) is 7.38. The number of aromatic nitrogens is 2. The molecule has 88 valence electrons. The topological polar surface area (TPSA) is 49.0 Å². The van der Waals surface area contributed by atoms with Crippen LogP contribution in [0, 0.1) is 0 Å². The standard InChI is InChI=1S/C8H8F3N3OS/c9-8(10,11)5-2-6(13-12-5)14-3-4(16)1-7(14)15/h2,4,16H,1,3H2,(H,12,13). The second-order valence-electron chi connectivity index (χ2n) is 3.50. The highest BCUT2D eigenvalue weighted by molar-refractivity contribution is 7.81. The number of nitrogens with zero attached hydrogens (tertiary/aromatic N) is 2. The Morgan fingerprint density at radius 2 is 2.25 bits per heavy atom. The van der Waals surface area contributed by atoms with Gasteiger partial charge in [0, 0.05) is 24.3 Å². The molecule has 0 saturated carbocycles. The molecule has 2 heterocycles. The molecule has 1 atom stereocenters. The average Bonchev–Trinajstić information content (AvgIpc) is 2.70. The lowest BCUT2D eigenvalue weighted by Gasteiger charge is -2.11. The van der Waals surface area contributed by atoms with Gasteiger partial charge in [0.2, 0.25) is 5.91 Å². The zero-order chi connectivity index (χ0) is 11.9. The van der Waals surface area contributed by atoms with E-state index in [1.165, 1.54) is 4.90 Å². The second-order valence-corrected chi connectivity index (χ2v) is 4.23. The van der Waals surface area contributed by atoms with Crippen molar-refractivity contribution in [1.82, 2.24) is 10.2 Å². The van der Waals surface area contributed by atoms with E-state index in [4.69, 9.17) is 0 Å². The Labute approximate surface area is 94.2 Å². The first-order valence-electron chi connectivity index (χ1n) is 4.49. The van der Waals surface area contributed by atoms with Crippen molar-refractivity contribution in [1.29, 1.82) is 0 Å². The van der Waals surface area contributed by atoms with Crippen LogP contribution in [0.2, 0.25) is 0 Å². The molecule has 1 aliphatic rings. The lowest BCUT2D eigenvalue weighted by atomic mass is 10.4. The summed E-state index contributed by atoms with van der Waals surface area (Å²) in [6.45, 7) is 0.282. The van der Waals surface area contributed by atoms with E-state index in [1.807, 2.05) is 5.10 Å². The lowest BCUT2D eigenvalue weighted by molar-refractivity contribution is -0.141. The third-order valence-corrected chi connectivity index (χ3v) is 2.60. The summed E-state index contributed by atoms with van der Waals surface area (Å²) in [5.74, 6) is -0.269. The van der Waals surface area contributed by atoms with Crippen molar-refractivity contribution in [2.75, 3.05) is 11.4 Å². The van der Waals surface area contributed by atoms with Gasteiger partial charge < -0.3 is 0 Å². The molecule has 8 heteroatoms. The monoisotopic (exact) mass is 251 g/mol. The van der Waals surface area contributed by atoms with Crippen molar-refractivity contribution in [2.45, 2.75) is 17.8 Å². The smallest absolute Gasteiger partial charge is 0.294 e. The van der Waals surface area contributed by atoms with Crippen molar-refractivity contribution < 1.29 is 18.0 Å². The number of anilines is 1. The number of amides is 1. The molecule has 0 spiro atoms. The van der Waals surface area contributed by atoms with Crippen LogP contribution in [-0.4, -0.2) is 27.9 Å². The highest BCUT2D eigenvalue weighted by atomic mass is 32.1. The maximum absolute atomic E-state index is 12.3. The van der Waals surface area contributed by atoms with Gasteiger partial charge in [0.05, 0.1) is 0 Å². The highest BCUT2D eigenvalue weighted by Gasteiger charge is 2.36. The number of alkyl halides is 3. The lowest BCUT2D eigenvalue weighted by Crippen LogP contribution is -2.24. The Kier molecular flexibility index (Phi) is 2.61. The third kappa shape index (κ3) is 2.01. The summed E-state index contributed by atoms with van der Waals surface area (Å²) in [6, 6.07) is 0.823. The SMILES string of the molecule is O=C1CC(S)CN1c1cc(C(F)(F)F)[nH]n1. The molecule has 4 nitrogen and oxygen atoms in total. The van der Waals surface area contributed by atoms with E-state index in [0.29, 0.717) is 0 Å². The summed E-state index contributed by atoms with van der Waals surface area (Å²) in [5.41, 5.74) is -0.960. The summed E-state index contributed by atoms with van der Waals surface area (Å²) in [7, 11) is 0. The van der Waals surface area contributed by atoms with Crippen molar-refractivity contribution >= 4 is 24.4 Å². The van der Waals surface area contributed by atoms with Gasteiger partial charge >= 0.3 is 6.18 Å². The van der Waals surface area contributed by atoms with Crippen LogP contribution in [0.5, 0.6) is 0 Å². The van der Waals surface area contributed by atoms with Crippen molar-refractivity contribution in [3.63, 3.8) is 0 Å². The molecule has 1 amide bonds. The van der Waals surface area contributed by atoms with E-state index >= 15 is 0 Å². The van der Waals surface area contributed by atoms with Gasteiger partial charge in [0.15, 0.2) is 5.82 Å². The number of H-pyrrole nitrogens is 1. The van der Waals surface area contributed by atoms with Crippen LogP contribution in [0.4, 0.5) is 19.0 Å². The maximum Gasteiger partial charge on any atom is 0.432 e. The normalized spacial score (nSPS) is 21.9. The zero-order valence-corrected chi connectivity index (χ0v) is 8.85. The molecule has 0 bridgehead atoms. The molecule has 1 aromatic rings. The van der Waals surface area contributed by atoms with E-state index in [0.717, 1.165) is 6.07 Å². The second kappa shape index (κ2) is 3.69. The van der Waals surface area contributed by atoms with Crippen LogP contribution in [0.15, 0.2) is 6.07 Å². The highest BCUT2D eigenvalue weighted by Crippen LogP contribution is 2.31. The maximum atomic E-state index is 12.3. The number of hydrogen-bond donors (Lipinski definition) is 2. The zero-order valence-electron chi connectivity index (χ0n) is 7.95. The molecule has 0 aliphatic carbocycles. The van der Waals surface area contributed by atoms with Crippen LogP contribution < -0.4 is 4.90 Å². The summed E-state index contributed by atoms with van der Waals surface area (Å²) in [4.78, 5) is 12.6. The largest absolute Gasteiger partial charge is 0.432 e. The Hall–Kier alpha value is -1.18. The minimum absolute atomic E-state index is 0.00567. The van der Waals surface area contributed by atoms with Gasteiger partial charge in [0.1, 0.15) is 5.69 Å². The van der Waals surface area contributed by atoms with Gasteiger partial charge in [-0.05, 0) is 0 Å². The van der Waals surface area contributed by atoms with Crippen LogP contribution >= 0.6 is 12.6 Å². The van der Waals surface area contributed by atoms with Crippen LogP contribution in [0.1, 0.15) is 12.1 Å². The molecular formula is C8H8F3N3OS. The first-order valence-corrected chi connectivity index (χ1v) is 5.00. The van der Waals surface area contributed by atoms with Gasteiger partial charge in [0.25, 0.3) is 0 Å². The Bertz CT molecular complexity index is 417. The van der Waals surface area contributed by atoms with Gasteiger partial charge in [-0.25, -0.2) is 0 Å². The number of nitrogens with one attached hydrogen (secondary N) is 1. The number of halogens is 3. The molecular weight excluding hydrogens is 243 g/mol. The molecule has 1 aliphatic heterocycles. The molecule has 1 N–H and O–H groups in total. The first kappa shape index (κ1) is 11.3. The van der Waals surface area contributed by atoms with E-state index in [1.54, 1.807) is 0 Å². The molecule has 0 aromatic carbocycles. The number of aromatic amines is 1. The van der Waals surface area contributed by atoms with E-state index < -0.39 is 11.9 Å². The molecule has 16 heavy (non-hydrogen) atoms. The summed E-state index contributed by atoms with van der Waals surface area (Å²) >= 11 is 4.10. The van der Waals surface area contributed by atoms with E-state index in [2.05, 4.69) is 17.7 Å². The van der Waals surface area contributed by atoms with Crippen LogP contribution in [0.3, 0.4) is 0 Å². The van der Waals surface area contributed by atoms with Gasteiger partial charge in [-0.2, -0.15) is 30.9 Å². The Morgan fingerprint density at radius 3 is 2.69 bits per heavy atom. The van der Waals surface area contributed by atoms with Gasteiger partial charge in [-0.15, -0.1) is 0 Å². The number of carbonyl (C=O) groups excluding carboxylic acids is 1. The summed E-state index contributed by atoms with van der Waals surface area (Å²) in [6.07, 6.45) is -4.26. The molecule has 1 saturated heterocycles. The predicted octanol–water partition coefficient (Wildman–Crippen LogP) is 1.46.